The molecule has 6 fully saturated rings. The lowest BCUT2D eigenvalue weighted by molar-refractivity contribution is -0.356. The summed E-state index contributed by atoms with van der Waals surface area (Å²) in [4.78, 5) is 14.7. The van der Waals surface area contributed by atoms with Gasteiger partial charge in [-0.2, -0.15) is 0 Å². The number of aliphatic hydroxyl groups is 3. The molecule has 210 valence electrons. The molecule has 6 aliphatic rings. The number of nitrogens with zero attached hydrogens (tertiary/aromatic N) is 1. The number of esters is 1. The van der Waals surface area contributed by atoms with Gasteiger partial charge in [0.15, 0.2) is 0 Å². The van der Waals surface area contributed by atoms with Crippen LogP contribution >= 0.6 is 0 Å². The molecule has 0 amide bonds. The van der Waals surface area contributed by atoms with Gasteiger partial charge in [-0.15, -0.1) is 0 Å². The minimum absolute atomic E-state index is 0.156. The second-order valence-corrected chi connectivity index (χ2v) is 12.7. The number of carbonyl (C=O) groups excluding carboxylic acids is 1. The van der Waals surface area contributed by atoms with Gasteiger partial charge in [0, 0.05) is 71.5 Å². The van der Waals surface area contributed by atoms with Gasteiger partial charge >= 0.3 is 5.97 Å². The van der Waals surface area contributed by atoms with Crippen LogP contribution in [0.3, 0.4) is 0 Å². The highest BCUT2D eigenvalue weighted by molar-refractivity contribution is 5.66. The number of methoxy groups -OCH3 is 4. The molecule has 1 saturated heterocycles. The van der Waals surface area contributed by atoms with Crippen LogP contribution in [0, 0.1) is 28.6 Å². The van der Waals surface area contributed by atoms with Gasteiger partial charge < -0.3 is 39.0 Å². The minimum atomic E-state index is -1.78. The van der Waals surface area contributed by atoms with Crippen LogP contribution in [0.4, 0.5) is 0 Å². The molecule has 10 heteroatoms. The molecule has 1 unspecified atom stereocenters. The van der Waals surface area contributed by atoms with Crippen LogP contribution < -0.4 is 0 Å². The number of likely N-dealkylation sites (tertiary alicyclic amines) is 1. The molecule has 1 heterocycles. The molecule has 5 saturated carbocycles. The van der Waals surface area contributed by atoms with Crippen LogP contribution in [-0.2, 0) is 28.5 Å². The van der Waals surface area contributed by atoms with Crippen LogP contribution in [0.25, 0.3) is 0 Å². The highest BCUT2D eigenvalue weighted by Crippen LogP contribution is 2.81. The van der Waals surface area contributed by atoms with Crippen molar-refractivity contribution >= 4 is 5.97 Å². The Bertz CT molecular complexity index is 966. The predicted molar refractivity (Wildman–Crippen MR) is 130 cm³/mol. The van der Waals surface area contributed by atoms with Gasteiger partial charge in [-0.25, -0.2) is 0 Å². The lowest BCUT2D eigenvalue weighted by atomic mass is 9.41. The van der Waals surface area contributed by atoms with E-state index in [0.717, 1.165) is 0 Å². The Balaban J connectivity index is 1.72. The maximum Gasteiger partial charge on any atom is 0.302 e. The van der Waals surface area contributed by atoms with E-state index in [1.165, 1.54) is 6.92 Å². The van der Waals surface area contributed by atoms with Crippen LogP contribution in [0.2, 0.25) is 0 Å². The summed E-state index contributed by atoms with van der Waals surface area (Å²) in [6, 6.07) is -0.701. The number of hydrogen-bond donors (Lipinski definition) is 3. The number of hydrogen-bond acceptors (Lipinski definition) is 10. The van der Waals surface area contributed by atoms with E-state index in [1.54, 1.807) is 28.4 Å². The third-order valence-electron chi connectivity index (χ3n) is 11.8. The van der Waals surface area contributed by atoms with Crippen molar-refractivity contribution in [3.05, 3.63) is 0 Å². The zero-order chi connectivity index (χ0) is 26.8. The number of fused-ring (bicyclic) bond motifs is 2. The minimum Gasteiger partial charge on any atom is -0.462 e. The Morgan fingerprint density at radius 3 is 2.30 bits per heavy atom. The Morgan fingerprint density at radius 1 is 1.00 bits per heavy atom. The van der Waals surface area contributed by atoms with Crippen molar-refractivity contribution in [1.82, 2.24) is 4.90 Å². The van der Waals surface area contributed by atoms with Gasteiger partial charge in [0.25, 0.3) is 0 Å². The molecule has 0 radical (unpaired) electrons. The summed E-state index contributed by atoms with van der Waals surface area (Å²) in [6.07, 6.45) is -0.775. The van der Waals surface area contributed by atoms with E-state index < -0.39 is 75.9 Å². The molecule has 13 atom stereocenters. The van der Waals surface area contributed by atoms with E-state index >= 15 is 0 Å². The molecule has 7 bridgehead atoms. The second kappa shape index (κ2) is 8.10. The van der Waals surface area contributed by atoms with Crippen LogP contribution in [0.5, 0.6) is 0 Å². The molecular formula is C27H43NO9. The zero-order valence-corrected chi connectivity index (χ0v) is 22.8. The van der Waals surface area contributed by atoms with Crippen molar-refractivity contribution in [3.63, 3.8) is 0 Å². The zero-order valence-electron chi connectivity index (χ0n) is 22.8. The molecule has 1 aliphatic heterocycles. The van der Waals surface area contributed by atoms with E-state index in [9.17, 15) is 20.1 Å². The first-order valence-electron chi connectivity index (χ1n) is 13.7. The Hall–Kier alpha value is -0.850. The highest BCUT2D eigenvalue weighted by atomic mass is 16.6. The Labute approximate surface area is 218 Å². The summed E-state index contributed by atoms with van der Waals surface area (Å²) in [5.74, 6) is -1.83. The van der Waals surface area contributed by atoms with Crippen LogP contribution in [0.15, 0.2) is 0 Å². The molecule has 5 aliphatic carbocycles. The van der Waals surface area contributed by atoms with Crippen molar-refractivity contribution in [2.75, 3.05) is 48.1 Å². The Kier molecular flexibility index (Phi) is 5.77. The van der Waals surface area contributed by atoms with Crippen LogP contribution in [0.1, 0.15) is 39.5 Å². The maximum absolute atomic E-state index is 13.3. The summed E-state index contributed by atoms with van der Waals surface area (Å²) in [7, 11) is 6.43. The van der Waals surface area contributed by atoms with E-state index in [2.05, 4.69) is 4.90 Å². The first-order valence-corrected chi connectivity index (χ1v) is 13.7. The standard InChI is InChI=1S/C27H43NO9/c1-7-28-12-23(13-33-3)9-8-17(37-14(2)29)26-20(23)21(36-6)27(32,22(26)28)25(31)11-16(34-4)15-10-24(26,30)19(25)18(15)35-5/h15-22,30-32H,7-13H2,1-6H3/t15-,16+,17+,18+,19+,20-,21+,22?,23+,24+,25-,26-,27-/m1/s1. The number of rotatable bonds is 7. The first-order chi connectivity index (χ1) is 17.5. The maximum atomic E-state index is 13.3. The molecule has 6 rings (SSSR count). The molecule has 0 aromatic heterocycles. The molecule has 1 spiro atoms. The summed E-state index contributed by atoms with van der Waals surface area (Å²) in [6.45, 7) is 5.04. The van der Waals surface area contributed by atoms with Gasteiger partial charge in [-0.05, 0) is 25.8 Å². The number of likely N-dealkylation sites (N-methyl/N-ethyl adjacent to an activating group) is 1. The Morgan fingerprint density at radius 2 is 1.73 bits per heavy atom. The second-order valence-electron chi connectivity index (χ2n) is 12.7. The lowest BCUT2D eigenvalue weighted by Gasteiger charge is -2.72. The fraction of sp³-hybridized carbons (Fsp3) is 0.963. The van der Waals surface area contributed by atoms with Gasteiger partial charge in [0.05, 0.1) is 42.0 Å². The SMILES string of the molecule is CCN1C[C@]2(COC)CC[C@H](OC(C)=O)[C@]34C1[C@](O)([C@@H](OC)[C@H]23)[C@@]1(O)C[C@H](OC)[C@H]2C[C@]4(O)[C@@H]1[C@H]2OC. The van der Waals surface area contributed by atoms with E-state index in [-0.39, 0.29) is 12.3 Å². The summed E-state index contributed by atoms with van der Waals surface area (Å²) in [5.41, 5.74) is -6.64. The molecule has 37 heavy (non-hydrogen) atoms. The average Bonchev–Trinajstić information content (AvgIpc) is 3.23. The monoisotopic (exact) mass is 525 g/mol. The summed E-state index contributed by atoms with van der Waals surface area (Å²) >= 11 is 0. The number of ether oxygens (including phenoxy) is 5. The van der Waals surface area contributed by atoms with Crippen LogP contribution in [-0.4, -0.2) is 122 Å². The third kappa shape index (κ3) is 2.59. The topological polar surface area (TPSA) is 127 Å². The third-order valence-corrected chi connectivity index (χ3v) is 11.8. The lowest BCUT2D eigenvalue weighted by Crippen LogP contribution is -2.86. The van der Waals surface area contributed by atoms with Crippen molar-refractivity contribution < 1.29 is 43.8 Å². The predicted octanol–water partition coefficient (Wildman–Crippen LogP) is -0.0433. The first kappa shape index (κ1) is 26.4. The van der Waals surface area contributed by atoms with Gasteiger partial charge in [-0.1, -0.05) is 6.92 Å². The number of carbonyl (C=O) groups is 1. The molecule has 10 nitrogen and oxygen atoms in total. The van der Waals surface area contributed by atoms with Crippen molar-refractivity contribution in [2.24, 2.45) is 28.6 Å². The van der Waals surface area contributed by atoms with Crippen molar-refractivity contribution in [2.45, 2.75) is 86.8 Å². The quantitative estimate of drug-likeness (QED) is 0.390. The normalized spacial score (nSPS) is 57.4. The van der Waals surface area contributed by atoms with Crippen molar-refractivity contribution in [1.29, 1.82) is 0 Å². The number of piperidine rings is 1. The fourth-order valence-corrected chi connectivity index (χ4v) is 11.3. The van der Waals surface area contributed by atoms with Gasteiger partial charge in [0.1, 0.15) is 17.3 Å². The van der Waals surface area contributed by atoms with E-state index in [1.807, 2.05) is 6.92 Å². The van der Waals surface area contributed by atoms with E-state index in [4.69, 9.17) is 23.7 Å². The molecule has 0 aromatic rings. The molecular weight excluding hydrogens is 482 g/mol. The van der Waals surface area contributed by atoms with E-state index in [0.29, 0.717) is 39.0 Å². The highest BCUT2D eigenvalue weighted by Gasteiger charge is 2.95. The molecule has 3 N–H and O–H groups in total. The summed E-state index contributed by atoms with van der Waals surface area (Å²) < 4.78 is 30.1. The van der Waals surface area contributed by atoms with Gasteiger partial charge in [0.2, 0.25) is 0 Å². The largest absolute Gasteiger partial charge is 0.462 e. The average molecular weight is 526 g/mol. The van der Waals surface area contributed by atoms with Gasteiger partial charge in [-0.3, -0.25) is 9.69 Å². The van der Waals surface area contributed by atoms with Crippen molar-refractivity contribution in [3.8, 4) is 0 Å². The smallest absolute Gasteiger partial charge is 0.302 e. The fourth-order valence-electron chi connectivity index (χ4n) is 11.3. The summed E-state index contributed by atoms with van der Waals surface area (Å²) in [5, 5.41) is 39.2. The molecule has 0 aromatic carbocycles.